The summed E-state index contributed by atoms with van der Waals surface area (Å²) < 4.78 is 5.17. The zero-order valence-corrected chi connectivity index (χ0v) is 15.0. The maximum atomic E-state index is 12.3. The fourth-order valence-electron chi connectivity index (χ4n) is 3.91. The van der Waals surface area contributed by atoms with Gasteiger partial charge < -0.3 is 9.72 Å². The van der Waals surface area contributed by atoms with E-state index in [4.69, 9.17) is 9.72 Å². The van der Waals surface area contributed by atoms with Gasteiger partial charge in [0, 0.05) is 5.56 Å². The number of carbonyl (C=O) groups is 1. The highest BCUT2D eigenvalue weighted by Crippen LogP contribution is 2.41. The van der Waals surface area contributed by atoms with Crippen LogP contribution in [0.25, 0.3) is 33.5 Å². The molecule has 4 heteroatoms. The molecule has 1 heterocycles. The Bertz CT molecular complexity index is 1190. The second-order valence-electron chi connectivity index (χ2n) is 6.67. The molecule has 0 radical (unpaired) electrons. The van der Waals surface area contributed by atoms with Crippen LogP contribution in [0.15, 0.2) is 60.7 Å². The molecule has 1 N–H and O–H groups in total. The summed E-state index contributed by atoms with van der Waals surface area (Å²) in [7, 11) is 0. The van der Waals surface area contributed by atoms with Crippen molar-refractivity contribution in [3.05, 3.63) is 77.4 Å². The van der Waals surface area contributed by atoms with Gasteiger partial charge >= 0.3 is 5.97 Å². The predicted molar refractivity (Wildman–Crippen MR) is 106 cm³/mol. The van der Waals surface area contributed by atoms with E-state index in [1.54, 1.807) is 13.0 Å². The minimum Gasteiger partial charge on any atom is -0.462 e. The van der Waals surface area contributed by atoms with Crippen molar-refractivity contribution in [1.82, 2.24) is 9.97 Å². The molecule has 0 atom stereocenters. The van der Waals surface area contributed by atoms with Gasteiger partial charge in [-0.25, -0.2) is 9.78 Å². The maximum absolute atomic E-state index is 12.3. The van der Waals surface area contributed by atoms with E-state index in [0.717, 1.165) is 23.3 Å². The van der Waals surface area contributed by atoms with Crippen molar-refractivity contribution < 1.29 is 9.53 Å². The number of fused-ring (bicyclic) bond motifs is 4. The quantitative estimate of drug-likeness (QED) is 0.465. The number of aromatic nitrogens is 2. The Balaban J connectivity index is 1.66. The zero-order valence-electron chi connectivity index (χ0n) is 15.0. The third-order valence-electron chi connectivity index (χ3n) is 5.11. The largest absolute Gasteiger partial charge is 0.462 e. The van der Waals surface area contributed by atoms with Crippen LogP contribution in [0.1, 0.15) is 28.4 Å². The summed E-state index contributed by atoms with van der Waals surface area (Å²) in [5.74, 6) is 0.443. The Hall–Kier alpha value is -3.40. The Morgan fingerprint density at radius 1 is 1.00 bits per heavy atom. The first-order valence-electron chi connectivity index (χ1n) is 9.12. The lowest BCUT2D eigenvalue weighted by atomic mass is 10.0. The summed E-state index contributed by atoms with van der Waals surface area (Å²) in [5.41, 5.74) is 8.22. The van der Waals surface area contributed by atoms with Gasteiger partial charge in [0.15, 0.2) is 0 Å². The van der Waals surface area contributed by atoms with E-state index in [1.165, 1.54) is 22.3 Å². The number of H-pyrrole nitrogens is 1. The molecule has 4 nitrogen and oxygen atoms in total. The first-order valence-corrected chi connectivity index (χ1v) is 9.12. The Morgan fingerprint density at radius 3 is 2.67 bits per heavy atom. The molecule has 1 aliphatic rings. The SMILES string of the molecule is CCOC(=O)c1cccc2[nH]c(-c3cccc4c3Cc3ccccc3-4)nc12. The van der Waals surface area contributed by atoms with E-state index >= 15 is 0 Å². The summed E-state index contributed by atoms with van der Waals surface area (Å²) in [4.78, 5) is 20.4. The molecule has 0 unspecified atom stereocenters. The topological polar surface area (TPSA) is 55.0 Å². The number of hydrogen-bond acceptors (Lipinski definition) is 3. The molecule has 1 aliphatic carbocycles. The fourth-order valence-corrected chi connectivity index (χ4v) is 3.91. The van der Waals surface area contributed by atoms with Gasteiger partial charge in [-0.15, -0.1) is 0 Å². The average Bonchev–Trinajstić information content (AvgIpc) is 3.29. The molecule has 0 saturated carbocycles. The summed E-state index contributed by atoms with van der Waals surface area (Å²) >= 11 is 0. The van der Waals surface area contributed by atoms with Crippen molar-refractivity contribution in [2.75, 3.05) is 6.61 Å². The minimum atomic E-state index is -0.341. The Morgan fingerprint density at radius 2 is 1.78 bits per heavy atom. The van der Waals surface area contributed by atoms with Crippen LogP contribution in [-0.4, -0.2) is 22.5 Å². The number of hydrogen-bond donors (Lipinski definition) is 1. The van der Waals surface area contributed by atoms with Crippen molar-refractivity contribution in [2.45, 2.75) is 13.3 Å². The first-order chi connectivity index (χ1) is 13.3. The van der Waals surface area contributed by atoms with Gasteiger partial charge in [0.1, 0.15) is 11.3 Å². The van der Waals surface area contributed by atoms with Gasteiger partial charge in [0.25, 0.3) is 0 Å². The molecule has 0 fully saturated rings. The normalized spacial score (nSPS) is 12.0. The van der Waals surface area contributed by atoms with Gasteiger partial charge in [-0.3, -0.25) is 0 Å². The zero-order chi connectivity index (χ0) is 18.4. The molecule has 0 amide bonds. The lowest BCUT2D eigenvalue weighted by Gasteiger charge is -2.05. The van der Waals surface area contributed by atoms with Crippen molar-refractivity contribution in [1.29, 1.82) is 0 Å². The highest BCUT2D eigenvalue weighted by atomic mass is 16.5. The molecular formula is C23H18N2O2. The number of benzene rings is 3. The van der Waals surface area contributed by atoms with Crippen LogP contribution in [0, 0.1) is 0 Å². The van der Waals surface area contributed by atoms with Gasteiger partial charge in [-0.05, 0) is 47.7 Å². The van der Waals surface area contributed by atoms with Gasteiger partial charge in [-0.2, -0.15) is 0 Å². The molecule has 0 bridgehead atoms. The van der Waals surface area contributed by atoms with Gasteiger partial charge in [-0.1, -0.05) is 48.5 Å². The number of carbonyl (C=O) groups excluding carboxylic acids is 1. The molecule has 3 aromatic carbocycles. The number of ether oxygens (including phenoxy) is 1. The Labute approximate surface area is 156 Å². The van der Waals surface area contributed by atoms with Crippen LogP contribution in [0.4, 0.5) is 0 Å². The monoisotopic (exact) mass is 354 g/mol. The van der Waals surface area contributed by atoms with E-state index < -0.39 is 0 Å². The van der Waals surface area contributed by atoms with Crippen molar-refractivity contribution in [3.8, 4) is 22.5 Å². The fraction of sp³-hybridized carbons (Fsp3) is 0.130. The van der Waals surface area contributed by atoms with Gasteiger partial charge in [0.05, 0.1) is 17.7 Å². The summed E-state index contributed by atoms with van der Waals surface area (Å²) in [6.07, 6.45) is 0.892. The second-order valence-corrected chi connectivity index (χ2v) is 6.67. The van der Waals surface area contributed by atoms with Crippen molar-refractivity contribution in [3.63, 3.8) is 0 Å². The van der Waals surface area contributed by atoms with E-state index in [2.05, 4.69) is 47.4 Å². The number of aromatic amines is 1. The van der Waals surface area contributed by atoms with Gasteiger partial charge in [0.2, 0.25) is 0 Å². The summed E-state index contributed by atoms with van der Waals surface area (Å²) in [5, 5.41) is 0. The predicted octanol–water partition coefficient (Wildman–Crippen LogP) is 4.98. The molecule has 0 aliphatic heterocycles. The molecule has 4 aromatic rings. The number of imidazole rings is 1. The second kappa shape index (κ2) is 6.09. The average molecular weight is 354 g/mol. The number of esters is 1. The van der Waals surface area contributed by atoms with Crippen LogP contribution in [0.3, 0.4) is 0 Å². The molecule has 0 spiro atoms. The maximum Gasteiger partial charge on any atom is 0.340 e. The first kappa shape index (κ1) is 15.8. The lowest BCUT2D eigenvalue weighted by molar-refractivity contribution is 0.0528. The van der Waals surface area contributed by atoms with Crippen LogP contribution >= 0.6 is 0 Å². The molecule has 0 saturated heterocycles. The van der Waals surface area contributed by atoms with Crippen molar-refractivity contribution >= 4 is 17.0 Å². The highest BCUT2D eigenvalue weighted by molar-refractivity contribution is 6.02. The van der Waals surface area contributed by atoms with E-state index in [0.29, 0.717) is 17.7 Å². The summed E-state index contributed by atoms with van der Waals surface area (Å²) in [6, 6.07) is 20.4. The Kier molecular flexibility index (Phi) is 3.57. The molecular weight excluding hydrogens is 336 g/mol. The standard InChI is InChI=1S/C23H18N2O2/c1-2-27-23(26)18-11-6-12-20-21(18)25-22(24-20)17-10-5-9-16-15-8-4-3-7-14(15)13-19(16)17/h3-12H,2,13H2,1H3,(H,24,25). The van der Waals surface area contributed by atoms with Crippen LogP contribution in [0.5, 0.6) is 0 Å². The highest BCUT2D eigenvalue weighted by Gasteiger charge is 2.23. The van der Waals surface area contributed by atoms with Crippen LogP contribution in [0.2, 0.25) is 0 Å². The smallest absolute Gasteiger partial charge is 0.340 e. The third-order valence-corrected chi connectivity index (χ3v) is 5.11. The molecule has 132 valence electrons. The number of nitrogens with zero attached hydrogens (tertiary/aromatic N) is 1. The van der Waals surface area contributed by atoms with E-state index in [1.807, 2.05) is 12.1 Å². The van der Waals surface area contributed by atoms with E-state index in [9.17, 15) is 4.79 Å². The van der Waals surface area contributed by atoms with Crippen LogP contribution in [-0.2, 0) is 11.2 Å². The third kappa shape index (κ3) is 2.45. The molecule has 27 heavy (non-hydrogen) atoms. The molecule has 5 rings (SSSR count). The number of nitrogens with one attached hydrogen (secondary N) is 1. The minimum absolute atomic E-state index is 0.341. The van der Waals surface area contributed by atoms with Crippen LogP contribution < -0.4 is 0 Å². The summed E-state index contributed by atoms with van der Waals surface area (Å²) in [6.45, 7) is 2.15. The number of para-hydroxylation sites is 1. The lowest BCUT2D eigenvalue weighted by Crippen LogP contribution is -2.05. The van der Waals surface area contributed by atoms with E-state index in [-0.39, 0.29) is 5.97 Å². The number of rotatable bonds is 3. The van der Waals surface area contributed by atoms with Crippen molar-refractivity contribution in [2.24, 2.45) is 0 Å². The molecule has 1 aromatic heterocycles.